The number of carbonyl (C=O) groups is 1. The first-order valence-corrected chi connectivity index (χ1v) is 9.07. The number of benzene rings is 1. The highest BCUT2D eigenvalue weighted by Gasteiger charge is 2.32. The van der Waals surface area contributed by atoms with Gasteiger partial charge < -0.3 is 9.80 Å². The first-order chi connectivity index (χ1) is 12.3. The first kappa shape index (κ1) is 18.8. The van der Waals surface area contributed by atoms with Gasteiger partial charge in [-0.1, -0.05) is 25.4 Å². The maximum atomic E-state index is 13.5. The highest BCUT2D eigenvalue weighted by atomic mass is 35.5. The van der Waals surface area contributed by atoms with E-state index >= 15 is 0 Å². The topological polar surface area (TPSA) is 49.3 Å². The summed E-state index contributed by atoms with van der Waals surface area (Å²) in [6, 6.07) is 2.07. The Morgan fingerprint density at radius 2 is 1.92 bits per heavy atom. The van der Waals surface area contributed by atoms with E-state index in [1.54, 1.807) is 0 Å². The summed E-state index contributed by atoms with van der Waals surface area (Å²) in [7, 11) is 0. The second-order valence-corrected chi connectivity index (χ2v) is 7.12. The van der Waals surface area contributed by atoms with Gasteiger partial charge in [-0.25, -0.2) is 18.7 Å². The molecule has 2 aromatic rings. The first-order valence-electron chi connectivity index (χ1n) is 8.69. The zero-order chi connectivity index (χ0) is 19.0. The molecule has 0 aliphatic carbocycles. The Morgan fingerprint density at radius 3 is 2.50 bits per heavy atom. The summed E-state index contributed by atoms with van der Waals surface area (Å²) in [6.45, 7) is 7.61. The molecule has 0 bridgehead atoms. The van der Waals surface area contributed by atoms with Crippen molar-refractivity contribution in [3.8, 4) is 0 Å². The molecule has 1 aromatic carbocycles. The number of rotatable bonds is 4. The molecule has 1 aromatic heterocycles. The molecule has 1 fully saturated rings. The highest BCUT2D eigenvalue weighted by molar-refractivity contribution is 6.32. The van der Waals surface area contributed by atoms with Crippen molar-refractivity contribution in [2.75, 3.05) is 24.5 Å². The second-order valence-electron chi connectivity index (χ2n) is 6.76. The second kappa shape index (κ2) is 7.31. The number of hydrogen-bond donors (Lipinski definition) is 0. The van der Waals surface area contributed by atoms with E-state index in [1.165, 1.54) is 0 Å². The van der Waals surface area contributed by atoms with Crippen LogP contribution in [0.5, 0.6) is 0 Å². The maximum Gasteiger partial charge on any atom is 0.225 e. The lowest BCUT2D eigenvalue weighted by atomic mass is 10.1. The average molecular weight is 383 g/mol. The fourth-order valence-corrected chi connectivity index (χ4v) is 3.59. The van der Waals surface area contributed by atoms with Crippen LogP contribution in [0.2, 0.25) is 5.15 Å². The molecule has 1 aliphatic heterocycles. The van der Waals surface area contributed by atoms with Crippen LogP contribution in [0.15, 0.2) is 12.1 Å². The lowest BCUT2D eigenvalue weighted by Crippen LogP contribution is -2.43. The summed E-state index contributed by atoms with van der Waals surface area (Å²) >= 11 is 6.24. The number of anilines is 1. The molecule has 0 N–H and O–H groups in total. The van der Waals surface area contributed by atoms with E-state index in [2.05, 4.69) is 9.97 Å². The van der Waals surface area contributed by atoms with Gasteiger partial charge in [-0.3, -0.25) is 4.79 Å². The van der Waals surface area contributed by atoms with Gasteiger partial charge in [0.1, 0.15) is 0 Å². The van der Waals surface area contributed by atoms with Crippen molar-refractivity contribution >= 4 is 34.4 Å². The minimum absolute atomic E-state index is 0.0633. The van der Waals surface area contributed by atoms with Gasteiger partial charge in [0.05, 0.1) is 17.1 Å². The Balaban J connectivity index is 1.87. The molecule has 3 rings (SSSR count). The fourth-order valence-electron chi connectivity index (χ4n) is 3.34. The summed E-state index contributed by atoms with van der Waals surface area (Å²) in [6.07, 6.45) is 0.792. The van der Waals surface area contributed by atoms with Gasteiger partial charge >= 0.3 is 0 Å². The van der Waals surface area contributed by atoms with Gasteiger partial charge in [0.2, 0.25) is 5.91 Å². The summed E-state index contributed by atoms with van der Waals surface area (Å²) < 4.78 is 26.9. The monoisotopic (exact) mass is 382 g/mol. The van der Waals surface area contributed by atoms with E-state index in [9.17, 15) is 13.6 Å². The van der Waals surface area contributed by atoms with Crippen molar-refractivity contribution in [3.05, 3.63) is 28.9 Å². The summed E-state index contributed by atoms with van der Waals surface area (Å²) in [5.41, 5.74) is 0.455. The lowest BCUT2D eigenvalue weighted by molar-refractivity contribution is -0.136. The minimum atomic E-state index is -0.984. The van der Waals surface area contributed by atoms with Gasteiger partial charge in [-0.05, 0) is 13.3 Å². The van der Waals surface area contributed by atoms with Gasteiger partial charge in [0, 0.05) is 37.7 Å². The third-order valence-electron chi connectivity index (χ3n) is 4.67. The molecule has 1 amide bonds. The summed E-state index contributed by atoms with van der Waals surface area (Å²) in [5.74, 6) is -1.47. The maximum absolute atomic E-state index is 13.5. The van der Waals surface area contributed by atoms with Crippen LogP contribution in [0, 0.1) is 17.6 Å². The molecule has 5 nitrogen and oxygen atoms in total. The molecule has 26 heavy (non-hydrogen) atoms. The molecule has 1 atom stereocenters. The van der Waals surface area contributed by atoms with Crippen LogP contribution in [-0.4, -0.2) is 46.5 Å². The van der Waals surface area contributed by atoms with Crippen LogP contribution in [0.3, 0.4) is 0 Å². The van der Waals surface area contributed by atoms with E-state index in [0.717, 1.165) is 18.6 Å². The Kier molecular flexibility index (Phi) is 5.27. The highest BCUT2D eigenvalue weighted by Crippen LogP contribution is 2.30. The average Bonchev–Trinajstić information content (AvgIpc) is 3.06. The van der Waals surface area contributed by atoms with E-state index in [1.807, 2.05) is 30.6 Å². The molecule has 140 valence electrons. The molecule has 1 saturated heterocycles. The number of halogens is 3. The van der Waals surface area contributed by atoms with Gasteiger partial charge in [0.25, 0.3) is 0 Å². The third kappa shape index (κ3) is 3.45. The van der Waals surface area contributed by atoms with Crippen LogP contribution in [0.25, 0.3) is 11.0 Å². The standard InChI is InChI=1S/C18H21ClF2N4O/c1-4-25(18(26)10(2)3)11-5-6-24(9-11)17-16(19)22-14-7-12(20)13(21)8-15(14)23-17/h7-8,10-11H,4-6,9H2,1-3H3/t11-/m0/s1. The van der Waals surface area contributed by atoms with Crippen LogP contribution in [-0.2, 0) is 4.79 Å². The molecular weight excluding hydrogens is 362 g/mol. The van der Waals surface area contributed by atoms with Crippen molar-refractivity contribution in [2.24, 2.45) is 5.92 Å². The van der Waals surface area contributed by atoms with E-state index < -0.39 is 11.6 Å². The number of hydrogen-bond acceptors (Lipinski definition) is 4. The SMILES string of the molecule is CCN(C(=O)C(C)C)[C@H]1CCN(c2nc3cc(F)c(F)cc3nc2Cl)C1. The van der Waals surface area contributed by atoms with Gasteiger partial charge in [-0.2, -0.15) is 0 Å². The number of carbonyl (C=O) groups excluding carboxylic acids is 1. The molecule has 2 heterocycles. The van der Waals surface area contributed by atoms with Crippen molar-refractivity contribution in [1.29, 1.82) is 0 Å². The van der Waals surface area contributed by atoms with Gasteiger partial charge in [-0.15, -0.1) is 0 Å². The normalized spacial score (nSPS) is 17.3. The zero-order valence-corrected chi connectivity index (χ0v) is 15.7. The Hall–Kier alpha value is -2.02. The molecule has 1 aliphatic rings. The number of aromatic nitrogens is 2. The lowest BCUT2D eigenvalue weighted by Gasteiger charge is -2.29. The molecule has 0 radical (unpaired) electrons. The van der Waals surface area contributed by atoms with Crippen LogP contribution < -0.4 is 4.90 Å². The quantitative estimate of drug-likeness (QED) is 0.810. The Bertz CT molecular complexity index is 846. The molecule has 0 saturated carbocycles. The fraction of sp³-hybridized carbons (Fsp3) is 0.500. The zero-order valence-electron chi connectivity index (χ0n) is 15.0. The Labute approximate surface area is 156 Å². The number of nitrogens with zero attached hydrogens (tertiary/aromatic N) is 4. The third-order valence-corrected chi connectivity index (χ3v) is 4.92. The smallest absolute Gasteiger partial charge is 0.225 e. The molecular formula is C18H21ClF2N4O. The molecule has 8 heteroatoms. The molecule has 0 unspecified atom stereocenters. The summed E-state index contributed by atoms with van der Waals surface area (Å²) in [4.78, 5) is 24.7. The van der Waals surface area contributed by atoms with Gasteiger partial charge in [0.15, 0.2) is 22.6 Å². The van der Waals surface area contributed by atoms with Crippen molar-refractivity contribution in [2.45, 2.75) is 33.2 Å². The van der Waals surface area contributed by atoms with Crippen molar-refractivity contribution in [3.63, 3.8) is 0 Å². The van der Waals surface area contributed by atoms with E-state index in [4.69, 9.17) is 11.6 Å². The van der Waals surface area contributed by atoms with E-state index in [-0.39, 0.29) is 34.1 Å². The van der Waals surface area contributed by atoms with Crippen LogP contribution in [0.1, 0.15) is 27.2 Å². The molecule has 0 spiro atoms. The predicted octanol–water partition coefficient (Wildman–Crippen LogP) is 3.64. The number of amides is 1. The largest absolute Gasteiger partial charge is 0.352 e. The van der Waals surface area contributed by atoms with Crippen LogP contribution >= 0.6 is 11.6 Å². The van der Waals surface area contributed by atoms with E-state index in [0.29, 0.717) is 25.5 Å². The summed E-state index contributed by atoms with van der Waals surface area (Å²) in [5, 5.41) is 0.141. The van der Waals surface area contributed by atoms with Crippen molar-refractivity contribution in [1.82, 2.24) is 14.9 Å². The number of likely N-dealkylation sites (N-methyl/N-ethyl adjacent to an activating group) is 1. The van der Waals surface area contributed by atoms with Crippen LogP contribution in [0.4, 0.5) is 14.6 Å². The predicted molar refractivity (Wildman–Crippen MR) is 97.3 cm³/mol. The minimum Gasteiger partial charge on any atom is -0.352 e. The number of fused-ring (bicyclic) bond motifs is 1. The Morgan fingerprint density at radius 1 is 1.31 bits per heavy atom. The van der Waals surface area contributed by atoms with Crippen molar-refractivity contribution < 1.29 is 13.6 Å².